The number of aliphatic carboxylic acids is 1. The molecule has 1 aliphatic rings. The number of carboxylic acid groups (broad SMARTS) is 1. The van der Waals surface area contributed by atoms with Gasteiger partial charge in [-0.3, -0.25) is 4.79 Å². The first-order chi connectivity index (χ1) is 8.42. The zero-order chi connectivity index (χ0) is 14.8. The highest BCUT2D eigenvalue weighted by atomic mass is 17.2. The third-order valence-corrected chi connectivity index (χ3v) is 1.05. The zero-order valence-electron chi connectivity index (χ0n) is 11.6. The lowest BCUT2D eigenvalue weighted by Gasteiger charge is -2.07. The standard InChI is InChI=1S/C4H8O2.C3H8O2.C2H4O2.C2H6O/c1-2-4-6-5-3-1;1-3(5)2-4;1-2(3)4;1-3-2/h1-4H2;3-5H,2H2,1H3;1H3,(H,3,4);1-2H3. The summed E-state index contributed by atoms with van der Waals surface area (Å²) in [6.45, 7) is 4.03. The summed E-state index contributed by atoms with van der Waals surface area (Å²) in [4.78, 5) is 18.1. The molecule has 0 aromatic heterocycles. The van der Waals surface area contributed by atoms with E-state index < -0.39 is 12.1 Å². The lowest BCUT2D eigenvalue weighted by atomic mass is 10.3. The Bertz CT molecular complexity index is 131. The lowest BCUT2D eigenvalue weighted by molar-refractivity contribution is -0.312. The van der Waals surface area contributed by atoms with Crippen molar-refractivity contribution >= 4 is 5.97 Å². The molecule has 0 aromatic rings. The van der Waals surface area contributed by atoms with Crippen LogP contribution in [0.3, 0.4) is 0 Å². The first kappa shape index (κ1) is 22.5. The van der Waals surface area contributed by atoms with Gasteiger partial charge in [0.25, 0.3) is 5.97 Å². The van der Waals surface area contributed by atoms with E-state index in [9.17, 15) is 0 Å². The average molecular weight is 270 g/mol. The van der Waals surface area contributed by atoms with E-state index in [1.54, 1.807) is 14.2 Å². The second-order valence-corrected chi connectivity index (χ2v) is 3.31. The molecule has 0 bridgehead atoms. The van der Waals surface area contributed by atoms with E-state index in [-0.39, 0.29) is 6.61 Å². The predicted octanol–water partition coefficient (Wildman–Crippen LogP) is 0.441. The quantitative estimate of drug-likeness (QED) is 0.594. The maximum atomic E-state index is 9.00. The topological polar surface area (TPSA) is 105 Å². The van der Waals surface area contributed by atoms with Gasteiger partial charge in [0.2, 0.25) is 0 Å². The molecule has 0 radical (unpaired) electrons. The molecule has 1 aliphatic heterocycles. The molecule has 1 saturated heterocycles. The van der Waals surface area contributed by atoms with Crippen LogP contribution in [0.15, 0.2) is 0 Å². The van der Waals surface area contributed by atoms with Crippen LogP contribution in [0.2, 0.25) is 0 Å². The molecular weight excluding hydrogens is 244 g/mol. The summed E-state index contributed by atoms with van der Waals surface area (Å²) in [5.74, 6) is -0.833. The molecule has 7 nitrogen and oxygen atoms in total. The van der Waals surface area contributed by atoms with Crippen LogP contribution in [0.25, 0.3) is 0 Å². The van der Waals surface area contributed by atoms with E-state index in [4.69, 9.17) is 20.1 Å². The Morgan fingerprint density at radius 3 is 1.56 bits per heavy atom. The zero-order valence-corrected chi connectivity index (χ0v) is 11.6. The molecule has 1 heterocycles. The van der Waals surface area contributed by atoms with Crippen LogP contribution in [0.1, 0.15) is 26.7 Å². The van der Waals surface area contributed by atoms with Gasteiger partial charge in [-0.1, -0.05) is 0 Å². The molecule has 0 aromatic carbocycles. The van der Waals surface area contributed by atoms with E-state index in [2.05, 4.69) is 14.5 Å². The second kappa shape index (κ2) is 21.5. The number of aliphatic hydroxyl groups is 2. The van der Waals surface area contributed by atoms with Gasteiger partial charge in [0.05, 0.1) is 25.9 Å². The van der Waals surface area contributed by atoms with Crippen molar-refractivity contribution in [3.05, 3.63) is 0 Å². The summed E-state index contributed by atoms with van der Waals surface area (Å²) in [7, 11) is 3.25. The molecule has 18 heavy (non-hydrogen) atoms. The Kier molecular flexibility index (Phi) is 26.9. The number of aliphatic hydroxyl groups excluding tert-OH is 2. The van der Waals surface area contributed by atoms with E-state index in [0.29, 0.717) is 0 Å². The molecule has 1 unspecified atom stereocenters. The van der Waals surface area contributed by atoms with Crippen molar-refractivity contribution in [2.24, 2.45) is 0 Å². The molecule has 0 spiro atoms. The fraction of sp³-hybridized carbons (Fsp3) is 0.909. The first-order valence-corrected chi connectivity index (χ1v) is 5.55. The van der Waals surface area contributed by atoms with Crippen molar-refractivity contribution in [3.63, 3.8) is 0 Å². The fourth-order valence-electron chi connectivity index (χ4n) is 0.440. The molecule has 0 aliphatic carbocycles. The van der Waals surface area contributed by atoms with E-state index >= 15 is 0 Å². The van der Waals surface area contributed by atoms with Crippen LogP contribution in [0.5, 0.6) is 0 Å². The monoisotopic (exact) mass is 270 g/mol. The van der Waals surface area contributed by atoms with Crippen molar-refractivity contribution in [1.82, 2.24) is 0 Å². The van der Waals surface area contributed by atoms with Crippen LogP contribution >= 0.6 is 0 Å². The van der Waals surface area contributed by atoms with E-state index in [1.807, 2.05) is 0 Å². The number of carboxylic acids is 1. The second-order valence-electron chi connectivity index (χ2n) is 3.31. The molecule has 1 rings (SSSR count). The van der Waals surface area contributed by atoms with Crippen LogP contribution in [-0.4, -0.2) is 61.4 Å². The minimum atomic E-state index is -0.833. The summed E-state index contributed by atoms with van der Waals surface area (Å²) < 4.78 is 4.25. The first-order valence-electron chi connectivity index (χ1n) is 5.55. The van der Waals surface area contributed by atoms with Gasteiger partial charge in [0.1, 0.15) is 0 Å². The summed E-state index contributed by atoms with van der Waals surface area (Å²) in [6.07, 6.45) is 1.75. The predicted molar refractivity (Wildman–Crippen MR) is 66.1 cm³/mol. The molecule has 3 N–H and O–H groups in total. The Hall–Kier alpha value is -0.730. The summed E-state index contributed by atoms with van der Waals surface area (Å²) in [5, 5.41) is 23.4. The largest absolute Gasteiger partial charge is 0.481 e. The Balaban J connectivity index is -0.000000173. The van der Waals surface area contributed by atoms with Gasteiger partial charge in [-0.25, -0.2) is 9.78 Å². The van der Waals surface area contributed by atoms with Crippen molar-refractivity contribution in [2.75, 3.05) is 34.0 Å². The lowest BCUT2D eigenvalue weighted by Crippen LogP contribution is -2.05. The smallest absolute Gasteiger partial charge is 0.300 e. The highest BCUT2D eigenvalue weighted by molar-refractivity contribution is 5.62. The third-order valence-electron chi connectivity index (χ3n) is 1.05. The average Bonchev–Trinajstić information content (AvgIpc) is 2.32. The minimum absolute atomic E-state index is 0.139. The van der Waals surface area contributed by atoms with Crippen molar-refractivity contribution < 1.29 is 34.6 Å². The minimum Gasteiger partial charge on any atom is -0.481 e. The SMILES string of the molecule is C1CCOOC1.CC(=O)O.CC(O)CO.COC. The molecule has 7 heteroatoms. The number of methoxy groups -OCH3 is 1. The molecule has 112 valence electrons. The van der Waals surface area contributed by atoms with Gasteiger partial charge in [0.15, 0.2) is 0 Å². The van der Waals surface area contributed by atoms with E-state index in [1.165, 1.54) is 6.92 Å². The summed E-state index contributed by atoms with van der Waals surface area (Å²) in [6, 6.07) is 0. The van der Waals surface area contributed by atoms with Gasteiger partial charge in [0, 0.05) is 21.1 Å². The maximum Gasteiger partial charge on any atom is 0.300 e. The van der Waals surface area contributed by atoms with Gasteiger partial charge >= 0.3 is 0 Å². The number of carbonyl (C=O) groups is 1. The molecular formula is C11H26O7. The molecule has 1 fully saturated rings. The van der Waals surface area contributed by atoms with Gasteiger partial charge in [-0.05, 0) is 19.8 Å². The summed E-state index contributed by atoms with van der Waals surface area (Å²) >= 11 is 0. The Morgan fingerprint density at radius 2 is 1.50 bits per heavy atom. The molecule has 1 atom stereocenters. The van der Waals surface area contributed by atoms with Crippen LogP contribution in [0.4, 0.5) is 0 Å². The number of hydrogen-bond donors (Lipinski definition) is 3. The molecule has 0 amide bonds. The highest BCUT2D eigenvalue weighted by Gasteiger charge is 1.95. The van der Waals surface area contributed by atoms with Crippen molar-refractivity contribution in [2.45, 2.75) is 32.8 Å². The molecule has 0 saturated carbocycles. The van der Waals surface area contributed by atoms with Gasteiger partial charge in [-0.15, -0.1) is 0 Å². The third kappa shape index (κ3) is 58.8. The number of hydrogen-bond acceptors (Lipinski definition) is 6. The van der Waals surface area contributed by atoms with Crippen LogP contribution in [0, 0.1) is 0 Å². The Labute approximate surface area is 108 Å². The summed E-state index contributed by atoms with van der Waals surface area (Å²) in [5.41, 5.74) is 0. The number of rotatable bonds is 1. The maximum absolute atomic E-state index is 9.00. The van der Waals surface area contributed by atoms with Gasteiger partial charge in [-0.2, -0.15) is 0 Å². The normalized spacial score (nSPS) is 14.6. The van der Waals surface area contributed by atoms with Crippen LogP contribution < -0.4 is 0 Å². The van der Waals surface area contributed by atoms with Crippen molar-refractivity contribution in [3.8, 4) is 0 Å². The Morgan fingerprint density at radius 1 is 1.28 bits per heavy atom. The van der Waals surface area contributed by atoms with Crippen molar-refractivity contribution in [1.29, 1.82) is 0 Å². The van der Waals surface area contributed by atoms with Crippen LogP contribution in [-0.2, 0) is 19.3 Å². The highest BCUT2D eigenvalue weighted by Crippen LogP contribution is 1.97. The number of ether oxygens (including phenoxy) is 1. The van der Waals surface area contributed by atoms with Gasteiger partial charge < -0.3 is 20.1 Å². The van der Waals surface area contributed by atoms with E-state index in [0.717, 1.165) is 33.0 Å². The fourth-order valence-corrected chi connectivity index (χ4v) is 0.440.